The van der Waals surface area contributed by atoms with E-state index in [-0.39, 0.29) is 0 Å². The summed E-state index contributed by atoms with van der Waals surface area (Å²) in [6.45, 7) is 8.43. The molecule has 1 fully saturated rings. The Labute approximate surface area is 70.7 Å². The molecule has 0 heteroatoms. The Morgan fingerprint density at radius 3 is 2.55 bits per heavy atom. The Bertz CT molecular complexity index is 129. The third-order valence-electron chi connectivity index (χ3n) is 2.90. The van der Waals surface area contributed by atoms with E-state index >= 15 is 0 Å². The summed E-state index contributed by atoms with van der Waals surface area (Å²) in [6, 6.07) is 0. The summed E-state index contributed by atoms with van der Waals surface area (Å²) in [6.07, 6.45) is 7.09. The van der Waals surface area contributed by atoms with Gasteiger partial charge in [0.25, 0.3) is 0 Å². The molecule has 0 aliphatic heterocycles. The van der Waals surface area contributed by atoms with Crippen LogP contribution in [0.5, 0.6) is 0 Å². The van der Waals surface area contributed by atoms with E-state index in [1.165, 1.54) is 37.7 Å². The maximum absolute atomic E-state index is 3.99. The van der Waals surface area contributed by atoms with Crippen LogP contribution in [0, 0.1) is 11.8 Å². The largest absolute Gasteiger partial charge is 0.0999 e. The Morgan fingerprint density at radius 2 is 2.09 bits per heavy atom. The fraction of sp³-hybridized carbons (Fsp3) is 0.818. The van der Waals surface area contributed by atoms with E-state index in [0.717, 1.165) is 11.8 Å². The highest BCUT2D eigenvalue weighted by Crippen LogP contribution is 2.40. The van der Waals surface area contributed by atoms with Crippen molar-refractivity contribution in [2.75, 3.05) is 0 Å². The average molecular weight is 152 g/mol. The van der Waals surface area contributed by atoms with Crippen LogP contribution in [0.1, 0.15) is 46.0 Å². The predicted octanol–water partition coefficient (Wildman–Crippen LogP) is 3.78. The van der Waals surface area contributed by atoms with Crippen LogP contribution in [0.15, 0.2) is 12.2 Å². The van der Waals surface area contributed by atoms with Crippen LogP contribution < -0.4 is 0 Å². The molecule has 0 aromatic heterocycles. The summed E-state index contributed by atoms with van der Waals surface area (Å²) < 4.78 is 0. The summed E-state index contributed by atoms with van der Waals surface area (Å²) in [5.74, 6) is 1.91. The molecule has 0 aromatic rings. The molecule has 1 saturated carbocycles. The van der Waals surface area contributed by atoms with Crippen molar-refractivity contribution in [2.45, 2.75) is 46.0 Å². The Balaban J connectivity index is 2.05. The molecule has 64 valence electrons. The smallest absolute Gasteiger partial charge is 0.0203 e. The lowest BCUT2D eigenvalue weighted by Gasteiger charge is -2.35. The van der Waals surface area contributed by atoms with Gasteiger partial charge in [0.05, 0.1) is 0 Å². The van der Waals surface area contributed by atoms with Crippen molar-refractivity contribution in [3.05, 3.63) is 12.2 Å². The van der Waals surface area contributed by atoms with Crippen LogP contribution in [0.3, 0.4) is 0 Å². The summed E-state index contributed by atoms with van der Waals surface area (Å²) in [5.41, 5.74) is 1.40. The first-order valence-electron chi connectivity index (χ1n) is 4.89. The molecule has 1 aliphatic rings. The van der Waals surface area contributed by atoms with E-state index in [1.54, 1.807) is 0 Å². The zero-order valence-corrected chi connectivity index (χ0v) is 7.90. The van der Waals surface area contributed by atoms with Gasteiger partial charge < -0.3 is 0 Å². The molecule has 0 radical (unpaired) electrons. The summed E-state index contributed by atoms with van der Waals surface area (Å²) >= 11 is 0. The van der Waals surface area contributed by atoms with Gasteiger partial charge in [-0.1, -0.05) is 38.3 Å². The van der Waals surface area contributed by atoms with Gasteiger partial charge in [-0.3, -0.25) is 0 Å². The molecule has 0 bridgehead atoms. The van der Waals surface area contributed by atoms with Crippen LogP contribution in [0.2, 0.25) is 0 Å². The van der Waals surface area contributed by atoms with Crippen molar-refractivity contribution in [3.8, 4) is 0 Å². The summed E-state index contributed by atoms with van der Waals surface area (Å²) in [4.78, 5) is 0. The second kappa shape index (κ2) is 3.94. The average Bonchev–Trinajstić information content (AvgIpc) is 1.84. The molecule has 0 spiro atoms. The van der Waals surface area contributed by atoms with Gasteiger partial charge in [0.1, 0.15) is 0 Å². The van der Waals surface area contributed by atoms with Gasteiger partial charge in [-0.25, -0.2) is 0 Å². The zero-order valence-electron chi connectivity index (χ0n) is 7.90. The minimum Gasteiger partial charge on any atom is -0.0999 e. The summed E-state index contributed by atoms with van der Waals surface area (Å²) in [5, 5.41) is 0. The quantitative estimate of drug-likeness (QED) is 0.538. The normalized spacial score (nSPS) is 29.6. The highest BCUT2D eigenvalue weighted by atomic mass is 14.3. The first-order chi connectivity index (χ1) is 5.24. The second-order valence-electron chi connectivity index (χ2n) is 4.02. The lowest BCUT2D eigenvalue weighted by Crippen LogP contribution is -2.23. The molecule has 0 N–H and O–H groups in total. The number of rotatable bonds is 4. The maximum atomic E-state index is 3.99. The minimum absolute atomic E-state index is 0.872. The number of unbranched alkanes of at least 4 members (excludes halogenated alkanes) is 1. The fourth-order valence-electron chi connectivity index (χ4n) is 1.87. The molecule has 0 heterocycles. The molecule has 1 aliphatic carbocycles. The van der Waals surface area contributed by atoms with E-state index < -0.39 is 0 Å². The lowest BCUT2D eigenvalue weighted by molar-refractivity contribution is 0.210. The molecule has 0 unspecified atom stereocenters. The van der Waals surface area contributed by atoms with Gasteiger partial charge in [0.2, 0.25) is 0 Å². The van der Waals surface area contributed by atoms with E-state index in [2.05, 4.69) is 20.4 Å². The first kappa shape index (κ1) is 8.83. The Morgan fingerprint density at radius 1 is 1.45 bits per heavy atom. The Kier molecular flexibility index (Phi) is 3.16. The molecule has 11 heavy (non-hydrogen) atoms. The monoisotopic (exact) mass is 152 g/mol. The number of hydrogen-bond acceptors (Lipinski definition) is 0. The van der Waals surface area contributed by atoms with Crippen molar-refractivity contribution in [1.29, 1.82) is 0 Å². The SMILES string of the molecule is C=C(C)C1CC(CCCC)C1. The molecular formula is C11H20. The first-order valence-corrected chi connectivity index (χ1v) is 4.89. The van der Waals surface area contributed by atoms with Gasteiger partial charge in [-0.05, 0) is 31.6 Å². The van der Waals surface area contributed by atoms with E-state index in [9.17, 15) is 0 Å². The molecule has 0 aromatic carbocycles. The molecule has 0 nitrogen and oxygen atoms in total. The van der Waals surface area contributed by atoms with Crippen molar-refractivity contribution < 1.29 is 0 Å². The molecule has 0 saturated heterocycles. The molecular weight excluding hydrogens is 132 g/mol. The van der Waals surface area contributed by atoms with Gasteiger partial charge in [-0.2, -0.15) is 0 Å². The minimum atomic E-state index is 0.872. The summed E-state index contributed by atoms with van der Waals surface area (Å²) in [7, 11) is 0. The topological polar surface area (TPSA) is 0 Å². The molecule has 0 amide bonds. The predicted molar refractivity (Wildman–Crippen MR) is 50.6 cm³/mol. The third kappa shape index (κ3) is 2.36. The van der Waals surface area contributed by atoms with Crippen molar-refractivity contribution >= 4 is 0 Å². The van der Waals surface area contributed by atoms with E-state index in [1.807, 2.05) is 0 Å². The maximum Gasteiger partial charge on any atom is -0.0203 e. The molecule has 0 atom stereocenters. The van der Waals surface area contributed by atoms with Crippen LogP contribution in [0.4, 0.5) is 0 Å². The zero-order chi connectivity index (χ0) is 8.27. The van der Waals surface area contributed by atoms with E-state index in [0.29, 0.717) is 0 Å². The van der Waals surface area contributed by atoms with Gasteiger partial charge >= 0.3 is 0 Å². The van der Waals surface area contributed by atoms with Gasteiger partial charge in [0, 0.05) is 0 Å². The van der Waals surface area contributed by atoms with Crippen molar-refractivity contribution in [1.82, 2.24) is 0 Å². The van der Waals surface area contributed by atoms with Crippen LogP contribution >= 0.6 is 0 Å². The standard InChI is InChI=1S/C11H20/c1-4-5-6-10-7-11(8-10)9(2)3/h10-11H,2,4-8H2,1,3H3. The van der Waals surface area contributed by atoms with Gasteiger partial charge in [-0.15, -0.1) is 0 Å². The number of hydrogen-bond donors (Lipinski definition) is 0. The highest BCUT2D eigenvalue weighted by molar-refractivity contribution is 5.02. The third-order valence-corrected chi connectivity index (χ3v) is 2.90. The van der Waals surface area contributed by atoms with E-state index in [4.69, 9.17) is 0 Å². The highest BCUT2D eigenvalue weighted by Gasteiger charge is 2.28. The van der Waals surface area contributed by atoms with Crippen LogP contribution in [-0.2, 0) is 0 Å². The number of allylic oxidation sites excluding steroid dienone is 1. The van der Waals surface area contributed by atoms with Crippen LogP contribution in [-0.4, -0.2) is 0 Å². The fourth-order valence-corrected chi connectivity index (χ4v) is 1.87. The Hall–Kier alpha value is -0.260. The van der Waals surface area contributed by atoms with Crippen LogP contribution in [0.25, 0.3) is 0 Å². The van der Waals surface area contributed by atoms with Gasteiger partial charge in [0.15, 0.2) is 0 Å². The van der Waals surface area contributed by atoms with Crippen molar-refractivity contribution in [3.63, 3.8) is 0 Å². The van der Waals surface area contributed by atoms with Crippen molar-refractivity contribution in [2.24, 2.45) is 11.8 Å². The lowest BCUT2D eigenvalue weighted by atomic mass is 9.70. The molecule has 1 rings (SSSR count). The second-order valence-corrected chi connectivity index (χ2v) is 4.02.